The summed E-state index contributed by atoms with van der Waals surface area (Å²) in [6, 6.07) is 19.7. The van der Waals surface area contributed by atoms with Crippen molar-refractivity contribution in [3.05, 3.63) is 105 Å². The first-order valence-corrected chi connectivity index (χ1v) is 12.6. The fourth-order valence-corrected chi connectivity index (χ4v) is 4.83. The topological polar surface area (TPSA) is 87.5 Å². The van der Waals surface area contributed by atoms with E-state index in [0.29, 0.717) is 44.3 Å². The predicted octanol–water partition coefficient (Wildman–Crippen LogP) is 6.16. The van der Waals surface area contributed by atoms with E-state index in [4.69, 9.17) is 37.4 Å². The van der Waals surface area contributed by atoms with Crippen molar-refractivity contribution < 1.29 is 19.0 Å². The SMILES string of the molecule is CCOC(=O)C1=C(c2ccccc2)Nc2ncnn2[C@H]1c1ccc(OCc2c(Cl)cccc2Cl)c(OC)c1. The van der Waals surface area contributed by atoms with E-state index in [-0.39, 0.29) is 13.2 Å². The van der Waals surface area contributed by atoms with Crippen LogP contribution in [0.5, 0.6) is 11.5 Å². The molecule has 0 bridgehead atoms. The number of halogens is 2. The van der Waals surface area contributed by atoms with E-state index in [0.717, 1.165) is 11.1 Å². The van der Waals surface area contributed by atoms with Crippen LogP contribution in [-0.4, -0.2) is 34.5 Å². The average Bonchev–Trinajstić information content (AvgIpc) is 3.41. The molecule has 8 nitrogen and oxygen atoms in total. The molecule has 4 aromatic rings. The predicted molar refractivity (Wildman–Crippen MR) is 146 cm³/mol. The van der Waals surface area contributed by atoms with E-state index in [2.05, 4.69) is 15.4 Å². The van der Waals surface area contributed by atoms with Crippen LogP contribution < -0.4 is 14.8 Å². The molecule has 0 saturated carbocycles. The number of aromatic nitrogens is 3. The lowest BCUT2D eigenvalue weighted by molar-refractivity contribution is -0.138. The van der Waals surface area contributed by atoms with Crippen LogP contribution in [0, 0.1) is 0 Å². The Morgan fingerprint density at radius 3 is 2.50 bits per heavy atom. The standard InChI is InChI=1S/C28H24Cl2N4O4/c1-3-37-27(35)24-25(17-8-5-4-6-9-17)33-28-31-16-32-34(28)26(24)18-12-13-22(23(14-18)36-2)38-15-19-20(29)10-7-11-21(19)30/h4-14,16,26H,3,15H2,1-2H3,(H,31,32,33)/t26-/m0/s1. The summed E-state index contributed by atoms with van der Waals surface area (Å²) in [7, 11) is 1.55. The Kier molecular flexibility index (Phi) is 7.53. The molecule has 38 heavy (non-hydrogen) atoms. The molecule has 0 fully saturated rings. The Morgan fingerprint density at radius 1 is 1.03 bits per heavy atom. The number of nitrogens with zero attached hydrogens (tertiary/aromatic N) is 3. The molecule has 1 aliphatic rings. The summed E-state index contributed by atoms with van der Waals surface area (Å²) in [5.74, 6) is 0.993. The highest BCUT2D eigenvalue weighted by Crippen LogP contribution is 2.41. The van der Waals surface area contributed by atoms with E-state index >= 15 is 0 Å². The molecule has 3 aromatic carbocycles. The van der Waals surface area contributed by atoms with Crippen molar-refractivity contribution in [3.8, 4) is 11.5 Å². The average molecular weight is 551 g/mol. The second-order valence-electron chi connectivity index (χ2n) is 8.33. The summed E-state index contributed by atoms with van der Waals surface area (Å²) < 4.78 is 18.8. The number of carbonyl (C=O) groups excluding carboxylic acids is 1. The molecule has 0 spiro atoms. The Bertz CT molecular complexity index is 1480. The van der Waals surface area contributed by atoms with Crippen LogP contribution in [0.3, 0.4) is 0 Å². The quantitative estimate of drug-likeness (QED) is 0.263. The third kappa shape index (κ3) is 4.92. The van der Waals surface area contributed by atoms with E-state index in [1.165, 1.54) is 6.33 Å². The van der Waals surface area contributed by atoms with E-state index in [1.54, 1.807) is 43.0 Å². The molecule has 5 rings (SSSR count). The highest BCUT2D eigenvalue weighted by molar-refractivity contribution is 6.35. The lowest BCUT2D eigenvalue weighted by atomic mass is 9.92. The van der Waals surface area contributed by atoms with Gasteiger partial charge in [-0.2, -0.15) is 10.1 Å². The number of hydrogen-bond donors (Lipinski definition) is 1. The Balaban J connectivity index is 1.58. The number of esters is 1. The summed E-state index contributed by atoms with van der Waals surface area (Å²) in [5, 5.41) is 8.69. The molecular weight excluding hydrogens is 527 g/mol. The van der Waals surface area contributed by atoms with E-state index < -0.39 is 12.0 Å². The van der Waals surface area contributed by atoms with Crippen molar-refractivity contribution in [1.29, 1.82) is 0 Å². The summed E-state index contributed by atoms with van der Waals surface area (Å²) in [5.41, 5.74) is 3.22. The van der Waals surface area contributed by atoms with Crippen molar-refractivity contribution in [3.63, 3.8) is 0 Å². The minimum atomic E-state index is -0.635. The molecular formula is C28H24Cl2N4O4. The van der Waals surface area contributed by atoms with Gasteiger partial charge in [-0.05, 0) is 42.3 Å². The number of nitrogens with one attached hydrogen (secondary N) is 1. The van der Waals surface area contributed by atoms with Gasteiger partial charge in [0.1, 0.15) is 19.0 Å². The number of benzene rings is 3. The first kappa shape index (κ1) is 25.6. The van der Waals surface area contributed by atoms with Crippen molar-refractivity contribution in [2.45, 2.75) is 19.6 Å². The molecule has 2 heterocycles. The minimum Gasteiger partial charge on any atom is -0.493 e. The van der Waals surface area contributed by atoms with Gasteiger partial charge in [-0.1, -0.05) is 65.7 Å². The van der Waals surface area contributed by atoms with Crippen molar-refractivity contribution in [2.24, 2.45) is 0 Å². The van der Waals surface area contributed by atoms with Gasteiger partial charge in [0.05, 0.1) is 25.0 Å². The largest absolute Gasteiger partial charge is 0.493 e. The van der Waals surface area contributed by atoms with Crippen LogP contribution in [0.4, 0.5) is 5.95 Å². The molecule has 194 valence electrons. The molecule has 1 atom stereocenters. The van der Waals surface area contributed by atoms with Gasteiger partial charge in [0.25, 0.3) is 0 Å². The van der Waals surface area contributed by atoms with Gasteiger partial charge in [-0.3, -0.25) is 0 Å². The van der Waals surface area contributed by atoms with Gasteiger partial charge in [-0.25, -0.2) is 9.48 Å². The maximum atomic E-state index is 13.4. The number of ether oxygens (including phenoxy) is 3. The van der Waals surface area contributed by atoms with Gasteiger partial charge in [0.15, 0.2) is 11.5 Å². The summed E-state index contributed by atoms with van der Waals surface area (Å²) in [6.45, 7) is 2.15. The summed E-state index contributed by atoms with van der Waals surface area (Å²) >= 11 is 12.6. The third-order valence-corrected chi connectivity index (χ3v) is 6.80. The van der Waals surface area contributed by atoms with Gasteiger partial charge in [-0.15, -0.1) is 0 Å². The van der Waals surface area contributed by atoms with Crippen LogP contribution >= 0.6 is 23.2 Å². The molecule has 0 amide bonds. The fourth-order valence-electron chi connectivity index (χ4n) is 4.32. The number of carbonyl (C=O) groups is 1. The van der Waals surface area contributed by atoms with E-state index in [9.17, 15) is 4.79 Å². The highest BCUT2D eigenvalue weighted by Gasteiger charge is 2.36. The second kappa shape index (κ2) is 11.2. The number of hydrogen-bond acceptors (Lipinski definition) is 7. The zero-order valence-electron chi connectivity index (χ0n) is 20.7. The van der Waals surface area contributed by atoms with Crippen LogP contribution in [-0.2, 0) is 16.1 Å². The van der Waals surface area contributed by atoms with Crippen LogP contribution in [0.15, 0.2) is 78.6 Å². The molecule has 1 aliphatic heterocycles. The molecule has 1 aromatic heterocycles. The molecule has 1 N–H and O–H groups in total. The van der Waals surface area contributed by atoms with Crippen molar-refractivity contribution in [2.75, 3.05) is 19.0 Å². The Morgan fingerprint density at radius 2 is 1.79 bits per heavy atom. The smallest absolute Gasteiger partial charge is 0.338 e. The molecule has 0 saturated heterocycles. The van der Waals surface area contributed by atoms with Crippen molar-refractivity contribution in [1.82, 2.24) is 14.8 Å². The van der Waals surface area contributed by atoms with Gasteiger partial charge < -0.3 is 19.5 Å². The first-order valence-electron chi connectivity index (χ1n) is 11.9. The van der Waals surface area contributed by atoms with Gasteiger partial charge >= 0.3 is 5.97 Å². The fraction of sp³-hybridized carbons (Fsp3) is 0.179. The number of methoxy groups -OCH3 is 1. The maximum absolute atomic E-state index is 13.4. The van der Waals surface area contributed by atoms with E-state index in [1.807, 2.05) is 42.5 Å². The Labute approximate surface area is 229 Å². The normalized spacial score (nSPS) is 14.5. The van der Waals surface area contributed by atoms with Gasteiger partial charge in [0.2, 0.25) is 5.95 Å². The van der Waals surface area contributed by atoms with Crippen LogP contribution in [0.2, 0.25) is 10.0 Å². The Hall–Kier alpha value is -4.01. The molecule has 0 radical (unpaired) electrons. The first-order chi connectivity index (χ1) is 18.5. The zero-order valence-corrected chi connectivity index (χ0v) is 22.2. The molecule has 0 unspecified atom stereocenters. The molecule has 0 aliphatic carbocycles. The monoisotopic (exact) mass is 550 g/mol. The van der Waals surface area contributed by atoms with Gasteiger partial charge in [0, 0.05) is 15.6 Å². The van der Waals surface area contributed by atoms with Crippen LogP contribution in [0.1, 0.15) is 29.7 Å². The minimum absolute atomic E-state index is 0.154. The maximum Gasteiger partial charge on any atom is 0.338 e. The number of fused-ring (bicyclic) bond motifs is 1. The lowest BCUT2D eigenvalue weighted by Crippen LogP contribution is -2.30. The zero-order chi connectivity index (χ0) is 26.6. The number of rotatable bonds is 8. The summed E-state index contributed by atoms with van der Waals surface area (Å²) in [6.07, 6.45) is 1.44. The third-order valence-electron chi connectivity index (χ3n) is 6.09. The number of anilines is 1. The van der Waals surface area contributed by atoms with Crippen LogP contribution in [0.25, 0.3) is 5.70 Å². The second-order valence-corrected chi connectivity index (χ2v) is 9.14. The highest BCUT2D eigenvalue weighted by atomic mass is 35.5. The summed E-state index contributed by atoms with van der Waals surface area (Å²) in [4.78, 5) is 17.7. The van der Waals surface area contributed by atoms with Crippen molar-refractivity contribution >= 4 is 40.8 Å². The molecule has 10 heteroatoms. The lowest BCUT2D eigenvalue weighted by Gasteiger charge is -2.30.